The molecule has 1 fully saturated rings. The van der Waals surface area contributed by atoms with Crippen LogP contribution in [-0.2, 0) is 11.2 Å². The second kappa shape index (κ2) is 7.56. The lowest BCUT2D eigenvalue weighted by atomic mass is 9.79. The van der Waals surface area contributed by atoms with Gasteiger partial charge in [0.05, 0.1) is 13.0 Å². The van der Waals surface area contributed by atoms with Crippen LogP contribution in [0.4, 0.5) is 0 Å². The van der Waals surface area contributed by atoms with Crippen molar-refractivity contribution in [1.82, 2.24) is 10.6 Å². The molecule has 2 rings (SSSR count). The minimum atomic E-state index is 0.0389. The van der Waals surface area contributed by atoms with Crippen molar-refractivity contribution < 1.29 is 9.53 Å². The van der Waals surface area contributed by atoms with E-state index in [9.17, 15) is 4.79 Å². The van der Waals surface area contributed by atoms with E-state index in [1.807, 2.05) is 12.1 Å². The van der Waals surface area contributed by atoms with E-state index in [1.54, 1.807) is 0 Å². The average Bonchev–Trinajstić information content (AvgIpc) is 2.44. The van der Waals surface area contributed by atoms with Crippen LogP contribution in [-0.4, -0.2) is 29.6 Å². The number of piperidine rings is 1. The van der Waals surface area contributed by atoms with E-state index in [0.29, 0.717) is 13.0 Å². The molecule has 134 valence electrons. The summed E-state index contributed by atoms with van der Waals surface area (Å²) in [5, 5.41) is 6.81. The average molecular weight is 332 g/mol. The van der Waals surface area contributed by atoms with Gasteiger partial charge in [-0.05, 0) is 64.7 Å². The number of nitrogens with one attached hydrogen (secondary N) is 2. The molecule has 1 amide bonds. The Morgan fingerprint density at radius 2 is 1.75 bits per heavy atom. The molecule has 2 N–H and O–H groups in total. The van der Waals surface area contributed by atoms with Crippen molar-refractivity contribution in [2.24, 2.45) is 0 Å². The van der Waals surface area contributed by atoms with Crippen LogP contribution < -0.4 is 15.4 Å². The molecule has 0 aliphatic carbocycles. The molecule has 1 aromatic rings. The summed E-state index contributed by atoms with van der Waals surface area (Å²) in [7, 11) is 0. The lowest BCUT2D eigenvalue weighted by Crippen LogP contribution is -2.62. The van der Waals surface area contributed by atoms with Crippen LogP contribution in [0.2, 0.25) is 0 Å². The lowest BCUT2D eigenvalue weighted by molar-refractivity contribution is -0.122. The number of benzene rings is 1. The molecule has 0 radical (unpaired) electrons. The van der Waals surface area contributed by atoms with E-state index in [1.165, 1.54) is 5.56 Å². The fourth-order valence-corrected chi connectivity index (χ4v) is 3.81. The van der Waals surface area contributed by atoms with Gasteiger partial charge in [0.1, 0.15) is 5.75 Å². The van der Waals surface area contributed by atoms with Crippen molar-refractivity contribution in [2.45, 2.75) is 77.4 Å². The van der Waals surface area contributed by atoms with Gasteiger partial charge in [-0.1, -0.05) is 19.1 Å². The lowest BCUT2D eigenvalue weighted by Gasteiger charge is -2.46. The molecule has 4 nitrogen and oxygen atoms in total. The Hall–Kier alpha value is -1.55. The SMILES string of the molecule is CCc1ccc(OCCC(=O)NC2CC(C)(C)NC(C)(C)C2)cc1. The van der Waals surface area contributed by atoms with Crippen molar-refractivity contribution >= 4 is 5.91 Å². The number of aryl methyl sites for hydroxylation is 1. The predicted octanol–water partition coefficient (Wildman–Crippen LogP) is 3.44. The van der Waals surface area contributed by atoms with E-state index in [2.05, 4.69) is 57.4 Å². The van der Waals surface area contributed by atoms with Gasteiger partial charge < -0.3 is 15.4 Å². The molecule has 0 atom stereocenters. The molecule has 24 heavy (non-hydrogen) atoms. The van der Waals surface area contributed by atoms with Crippen LogP contribution in [0.25, 0.3) is 0 Å². The first kappa shape index (κ1) is 18.8. The highest BCUT2D eigenvalue weighted by atomic mass is 16.5. The second-order valence-electron chi connectivity index (χ2n) is 8.16. The summed E-state index contributed by atoms with van der Waals surface area (Å²) in [5.41, 5.74) is 1.37. The second-order valence-corrected chi connectivity index (χ2v) is 8.16. The molecule has 1 aliphatic heterocycles. The molecule has 0 aromatic heterocycles. The van der Waals surface area contributed by atoms with Crippen LogP contribution >= 0.6 is 0 Å². The number of hydrogen-bond donors (Lipinski definition) is 2. The van der Waals surface area contributed by atoms with Crippen molar-refractivity contribution in [3.63, 3.8) is 0 Å². The van der Waals surface area contributed by atoms with Gasteiger partial charge in [-0.3, -0.25) is 4.79 Å². The molecule has 0 bridgehead atoms. The molecule has 1 aromatic carbocycles. The van der Waals surface area contributed by atoms with Gasteiger partial charge in [-0.15, -0.1) is 0 Å². The van der Waals surface area contributed by atoms with Crippen molar-refractivity contribution in [1.29, 1.82) is 0 Å². The number of carbonyl (C=O) groups excluding carboxylic acids is 1. The summed E-state index contributed by atoms with van der Waals surface area (Å²) >= 11 is 0. The predicted molar refractivity (Wildman–Crippen MR) is 98.4 cm³/mol. The first-order valence-electron chi connectivity index (χ1n) is 8.99. The van der Waals surface area contributed by atoms with E-state index < -0.39 is 0 Å². The number of ether oxygens (including phenoxy) is 1. The maximum atomic E-state index is 12.2. The number of rotatable bonds is 6. The normalized spacial score (nSPS) is 19.7. The maximum absolute atomic E-state index is 12.2. The number of amides is 1. The van der Waals surface area contributed by atoms with Gasteiger partial charge >= 0.3 is 0 Å². The van der Waals surface area contributed by atoms with Crippen molar-refractivity contribution in [2.75, 3.05) is 6.61 Å². The molecular formula is C20H32N2O2. The van der Waals surface area contributed by atoms with Crippen LogP contribution in [0.1, 0.15) is 59.4 Å². The minimum Gasteiger partial charge on any atom is -0.493 e. The van der Waals surface area contributed by atoms with Crippen LogP contribution in [0.5, 0.6) is 5.75 Å². The Labute approximate surface area is 146 Å². The molecule has 1 aliphatic rings. The molecule has 0 saturated carbocycles. The summed E-state index contributed by atoms with van der Waals surface area (Å²) in [6, 6.07) is 8.28. The van der Waals surface area contributed by atoms with Gasteiger partial charge in [0.2, 0.25) is 5.91 Å². The van der Waals surface area contributed by atoms with E-state index >= 15 is 0 Å². The Morgan fingerprint density at radius 3 is 2.29 bits per heavy atom. The first-order valence-corrected chi connectivity index (χ1v) is 8.99. The van der Waals surface area contributed by atoms with Gasteiger partial charge in [0.25, 0.3) is 0 Å². The summed E-state index contributed by atoms with van der Waals surface area (Å²) in [6.07, 6.45) is 3.30. The zero-order valence-electron chi connectivity index (χ0n) is 15.7. The third kappa shape index (κ3) is 5.82. The highest BCUT2D eigenvalue weighted by molar-refractivity contribution is 5.76. The van der Waals surface area contributed by atoms with Crippen LogP contribution in [0, 0.1) is 0 Å². The Morgan fingerprint density at radius 1 is 1.17 bits per heavy atom. The maximum Gasteiger partial charge on any atom is 0.223 e. The minimum absolute atomic E-state index is 0.0389. The smallest absolute Gasteiger partial charge is 0.223 e. The number of carbonyl (C=O) groups is 1. The fraction of sp³-hybridized carbons (Fsp3) is 0.650. The van der Waals surface area contributed by atoms with Gasteiger partial charge in [0, 0.05) is 17.1 Å². The highest BCUT2D eigenvalue weighted by Crippen LogP contribution is 2.28. The summed E-state index contributed by atoms with van der Waals surface area (Å²) in [4.78, 5) is 12.2. The van der Waals surface area contributed by atoms with Crippen LogP contribution in [0.15, 0.2) is 24.3 Å². The van der Waals surface area contributed by atoms with Gasteiger partial charge in [0.15, 0.2) is 0 Å². The Balaban J connectivity index is 1.76. The Bertz CT molecular complexity index is 533. The summed E-state index contributed by atoms with van der Waals surface area (Å²) in [5.74, 6) is 0.891. The largest absolute Gasteiger partial charge is 0.493 e. The van der Waals surface area contributed by atoms with Crippen LogP contribution in [0.3, 0.4) is 0 Å². The third-order valence-electron chi connectivity index (χ3n) is 4.48. The zero-order chi connectivity index (χ0) is 17.8. The molecule has 1 saturated heterocycles. The first-order chi connectivity index (χ1) is 11.2. The molecular weight excluding hydrogens is 300 g/mol. The molecule has 0 spiro atoms. The van der Waals surface area contributed by atoms with E-state index in [4.69, 9.17) is 4.74 Å². The fourth-order valence-electron chi connectivity index (χ4n) is 3.81. The molecule has 0 unspecified atom stereocenters. The summed E-state index contributed by atoms with van der Waals surface area (Å²) in [6.45, 7) is 11.3. The van der Waals surface area contributed by atoms with E-state index in [0.717, 1.165) is 25.0 Å². The van der Waals surface area contributed by atoms with Gasteiger partial charge in [-0.2, -0.15) is 0 Å². The topological polar surface area (TPSA) is 50.4 Å². The molecule has 1 heterocycles. The standard InChI is InChI=1S/C20H32N2O2/c1-6-15-7-9-17(10-8-15)24-12-11-18(23)21-16-13-19(2,3)22-20(4,5)14-16/h7-10,16,22H,6,11-14H2,1-5H3,(H,21,23). The van der Waals surface area contributed by atoms with Crippen molar-refractivity contribution in [3.8, 4) is 5.75 Å². The Kier molecular flexibility index (Phi) is 5.92. The van der Waals surface area contributed by atoms with Crippen molar-refractivity contribution in [3.05, 3.63) is 29.8 Å². The monoisotopic (exact) mass is 332 g/mol. The summed E-state index contributed by atoms with van der Waals surface area (Å²) < 4.78 is 5.67. The van der Waals surface area contributed by atoms with E-state index in [-0.39, 0.29) is 23.0 Å². The van der Waals surface area contributed by atoms with Gasteiger partial charge in [-0.25, -0.2) is 0 Å². The number of hydrogen-bond acceptors (Lipinski definition) is 3. The third-order valence-corrected chi connectivity index (χ3v) is 4.48. The highest BCUT2D eigenvalue weighted by Gasteiger charge is 2.38. The zero-order valence-corrected chi connectivity index (χ0v) is 15.7. The molecule has 4 heteroatoms. The quantitative estimate of drug-likeness (QED) is 0.839.